The predicted molar refractivity (Wildman–Crippen MR) is 111 cm³/mol. The lowest BCUT2D eigenvalue weighted by Crippen LogP contribution is -2.15. The molecule has 1 aromatic heterocycles. The van der Waals surface area contributed by atoms with E-state index < -0.39 is 0 Å². The molecule has 1 amide bonds. The van der Waals surface area contributed by atoms with Crippen molar-refractivity contribution in [3.8, 4) is 11.1 Å². The van der Waals surface area contributed by atoms with Gasteiger partial charge in [-0.05, 0) is 37.3 Å². The minimum atomic E-state index is -0.0216. The Kier molecular flexibility index (Phi) is 4.64. The molecular formula is C22H22N4OS. The monoisotopic (exact) mass is 390 g/mol. The Hall–Kier alpha value is -2.60. The van der Waals surface area contributed by atoms with Gasteiger partial charge in [0.2, 0.25) is 5.91 Å². The summed E-state index contributed by atoms with van der Waals surface area (Å²) in [5.74, 6) is 2.01. The van der Waals surface area contributed by atoms with Crippen molar-refractivity contribution in [3.63, 3.8) is 0 Å². The zero-order valence-electron chi connectivity index (χ0n) is 15.5. The van der Waals surface area contributed by atoms with Crippen LogP contribution in [0.3, 0.4) is 0 Å². The summed E-state index contributed by atoms with van der Waals surface area (Å²) in [7, 11) is 0. The number of thioether (sulfide) groups is 1. The van der Waals surface area contributed by atoms with Gasteiger partial charge in [0.25, 0.3) is 0 Å². The molecule has 0 bridgehead atoms. The molecule has 28 heavy (non-hydrogen) atoms. The average Bonchev–Trinajstić information content (AvgIpc) is 3.66. The quantitative estimate of drug-likeness (QED) is 0.584. The molecule has 142 valence electrons. The van der Waals surface area contributed by atoms with Crippen molar-refractivity contribution >= 4 is 23.4 Å². The van der Waals surface area contributed by atoms with Gasteiger partial charge in [0, 0.05) is 23.2 Å². The van der Waals surface area contributed by atoms with Crippen LogP contribution in [0, 0.1) is 0 Å². The Bertz CT molecular complexity index is 993. The number of carbonyl (C=O) groups excluding carboxylic acids is 1. The fraction of sp³-hybridized carbons (Fsp3) is 0.318. The van der Waals surface area contributed by atoms with Gasteiger partial charge in [0.1, 0.15) is 5.82 Å². The van der Waals surface area contributed by atoms with E-state index in [0.29, 0.717) is 17.7 Å². The first-order valence-electron chi connectivity index (χ1n) is 9.81. The van der Waals surface area contributed by atoms with Gasteiger partial charge < -0.3 is 9.88 Å². The lowest BCUT2D eigenvalue weighted by Gasteiger charge is -2.11. The summed E-state index contributed by atoms with van der Waals surface area (Å²) in [6.45, 7) is 0. The van der Waals surface area contributed by atoms with Gasteiger partial charge in [-0.15, -0.1) is 10.2 Å². The van der Waals surface area contributed by atoms with E-state index in [-0.39, 0.29) is 5.91 Å². The molecule has 2 aliphatic rings. The fourth-order valence-electron chi connectivity index (χ4n) is 3.46. The van der Waals surface area contributed by atoms with E-state index in [1.807, 2.05) is 42.5 Å². The zero-order chi connectivity index (χ0) is 18.9. The van der Waals surface area contributed by atoms with Crippen LogP contribution in [0.25, 0.3) is 11.1 Å². The molecule has 2 aromatic carbocycles. The summed E-state index contributed by atoms with van der Waals surface area (Å²) < 4.78 is 2.29. The highest BCUT2D eigenvalue weighted by atomic mass is 32.2. The highest BCUT2D eigenvalue weighted by Crippen LogP contribution is 2.46. The molecule has 0 saturated heterocycles. The summed E-state index contributed by atoms with van der Waals surface area (Å²) in [4.78, 5) is 12.6. The van der Waals surface area contributed by atoms with Gasteiger partial charge in [0.15, 0.2) is 5.16 Å². The topological polar surface area (TPSA) is 59.8 Å². The van der Waals surface area contributed by atoms with Gasteiger partial charge in [-0.25, -0.2) is 0 Å². The second-order valence-electron chi connectivity index (χ2n) is 7.46. The van der Waals surface area contributed by atoms with Crippen LogP contribution in [0.5, 0.6) is 0 Å². The van der Waals surface area contributed by atoms with Crippen molar-refractivity contribution in [1.29, 1.82) is 0 Å². The number of aromatic nitrogens is 3. The Balaban J connectivity index is 1.28. The molecule has 0 spiro atoms. The van der Waals surface area contributed by atoms with Gasteiger partial charge >= 0.3 is 0 Å². The van der Waals surface area contributed by atoms with Crippen molar-refractivity contribution < 1.29 is 4.79 Å². The molecule has 0 aliphatic heterocycles. The number of carbonyl (C=O) groups is 1. The minimum Gasteiger partial charge on any atom is -0.325 e. The third-order valence-electron chi connectivity index (χ3n) is 5.16. The number of benzene rings is 2. The largest absolute Gasteiger partial charge is 0.325 e. The standard InChI is InChI=1S/C22H22N4OS/c27-20(23-19-9-5-4-8-18(19)15-6-2-1-3-7-15)14-28-22-25-24-21(16-10-11-16)26(22)17-12-13-17/h1-9,16-17H,10-14H2,(H,23,27). The third kappa shape index (κ3) is 3.69. The highest BCUT2D eigenvalue weighted by molar-refractivity contribution is 7.99. The first-order chi connectivity index (χ1) is 13.8. The molecule has 0 atom stereocenters. The smallest absolute Gasteiger partial charge is 0.234 e. The maximum atomic E-state index is 12.6. The van der Waals surface area contributed by atoms with Crippen molar-refractivity contribution in [3.05, 3.63) is 60.4 Å². The summed E-state index contributed by atoms with van der Waals surface area (Å²) in [5.41, 5.74) is 2.95. The molecule has 1 heterocycles. The number of rotatable bonds is 7. The van der Waals surface area contributed by atoms with Crippen molar-refractivity contribution in [2.75, 3.05) is 11.1 Å². The lowest BCUT2D eigenvalue weighted by atomic mass is 10.0. The second-order valence-corrected chi connectivity index (χ2v) is 8.41. The minimum absolute atomic E-state index is 0.0216. The van der Waals surface area contributed by atoms with Gasteiger partial charge in [0.05, 0.1) is 5.75 Å². The third-order valence-corrected chi connectivity index (χ3v) is 6.11. The fourth-order valence-corrected chi connectivity index (χ4v) is 4.27. The van der Waals surface area contributed by atoms with E-state index in [9.17, 15) is 4.79 Å². The summed E-state index contributed by atoms with van der Waals surface area (Å²) >= 11 is 1.49. The van der Waals surface area contributed by atoms with E-state index in [2.05, 4.69) is 32.2 Å². The van der Waals surface area contributed by atoms with E-state index >= 15 is 0 Å². The van der Waals surface area contributed by atoms with E-state index in [4.69, 9.17) is 0 Å². The summed E-state index contributed by atoms with van der Waals surface area (Å²) in [6, 6.07) is 18.6. The molecule has 0 unspecified atom stereocenters. The number of para-hydroxylation sites is 1. The number of nitrogens with zero attached hydrogens (tertiary/aromatic N) is 3. The summed E-state index contributed by atoms with van der Waals surface area (Å²) in [6.07, 6.45) is 4.82. The van der Waals surface area contributed by atoms with Crippen LogP contribution in [0.1, 0.15) is 43.5 Å². The van der Waals surface area contributed by atoms with Crippen molar-refractivity contribution in [2.45, 2.75) is 42.8 Å². The van der Waals surface area contributed by atoms with Gasteiger partial charge in [-0.1, -0.05) is 60.3 Å². The zero-order valence-corrected chi connectivity index (χ0v) is 16.4. The van der Waals surface area contributed by atoms with Crippen molar-refractivity contribution in [1.82, 2.24) is 14.8 Å². The average molecular weight is 391 g/mol. The van der Waals surface area contributed by atoms with Gasteiger partial charge in [-0.3, -0.25) is 4.79 Å². The molecule has 0 radical (unpaired) electrons. The first-order valence-corrected chi connectivity index (χ1v) is 10.8. The Labute approximate surface area is 168 Å². The number of hydrogen-bond donors (Lipinski definition) is 1. The number of nitrogens with one attached hydrogen (secondary N) is 1. The highest BCUT2D eigenvalue weighted by Gasteiger charge is 2.36. The number of amides is 1. The van der Waals surface area contributed by atoms with Crippen LogP contribution in [0.15, 0.2) is 59.8 Å². The van der Waals surface area contributed by atoms with E-state index in [0.717, 1.165) is 27.8 Å². The molecule has 2 fully saturated rings. The first kappa shape index (κ1) is 17.5. The van der Waals surface area contributed by atoms with Crippen LogP contribution in [-0.2, 0) is 4.79 Å². The SMILES string of the molecule is O=C(CSc1nnc(C2CC2)n1C1CC1)Nc1ccccc1-c1ccccc1. The maximum Gasteiger partial charge on any atom is 0.234 e. The molecule has 5 nitrogen and oxygen atoms in total. The molecule has 2 aliphatic carbocycles. The Morgan fingerprint density at radius 2 is 1.75 bits per heavy atom. The molecule has 6 heteroatoms. The van der Waals surface area contributed by atoms with Crippen LogP contribution in [0.2, 0.25) is 0 Å². The van der Waals surface area contributed by atoms with Crippen LogP contribution in [-0.4, -0.2) is 26.4 Å². The van der Waals surface area contributed by atoms with Crippen molar-refractivity contribution in [2.24, 2.45) is 0 Å². The van der Waals surface area contributed by atoms with Crippen LogP contribution < -0.4 is 5.32 Å². The van der Waals surface area contributed by atoms with Gasteiger partial charge in [-0.2, -0.15) is 0 Å². The number of hydrogen-bond acceptors (Lipinski definition) is 4. The number of anilines is 1. The summed E-state index contributed by atoms with van der Waals surface area (Å²) in [5, 5.41) is 12.7. The Morgan fingerprint density at radius 1 is 1.00 bits per heavy atom. The molecular weight excluding hydrogens is 368 g/mol. The second kappa shape index (κ2) is 7.43. The molecule has 2 saturated carbocycles. The van der Waals surface area contributed by atoms with E-state index in [1.165, 1.54) is 37.4 Å². The normalized spacial score (nSPS) is 16.1. The van der Waals surface area contributed by atoms with E-state index in [1.54, 1.807) is 0 Å². The lowest BCUT2D eigenvalue weighted by molar-refractivity contribution is -0.113. The Morgan fingerprint density at radius 3 is 2.50 bits per heavy atom. The molecule has 3 aromatic rings. The molecule has 5 rings (SSSR count). The maximum absolute atomic E-state index is 12.6. The van der Waals surface area contributed by atoms with Crippen LogP contribution >= 0.6 is 11.8 Å². The predicted octanol–water partition coefficient (Wildman–Crippen LogP) is 4.89. The molecule has 1 N–H and O–H groups in total. The van der Waals surface area contributed by atoms with Crippen LogP contribution in [0.4, 0.5) is 5.69 Å².